The number of aryl methyl sites for hydroxylation is 2. The molecule has 0 aliphatic rings. The number of hydrogen-bond acceptors (Lipinski definition) is 3. The van der Waals surface area contributed by atoms with E-state index in [1.54, 1.807) is 11.3 Å². The first-order valence-corrected chi connectivity index (χ1v) is 9.19. The van der Waals surface area contributed by atoms with Crippen molar-refractivity contribution >= 4 is 33.1 Å². The minimum Gasteiger partial charge on any atom is -0.339 e. The lowest BCUT2D eigenvalue weighted by molar-refractivity contribution is -0.654. The van der Waals surface area contributed by atoms with Gasteiger partial charge < -0.3 is 4.57 Å². The van der Waals surface area contributed by atoms with E-state index in [9.17, 15) is 0 Å². The number of rotatable bonds is 4. The number of fused-ring (bicyclic) bond motifs is 1. The molecule has 4 nitrogen and oxygen atoms in total. The molecule has 0 aliphatic heterocycles. The number of aromatic nitrogens is 2. The van der Waals surface area contributed by atoms with Crippen molar-refractivity contribution in [2.75, 3.05) is 0 Å². The highest BCUT2D eigenvalue weighted by Crippen LogP contribution is 2.40. The molecule has 0 unspecified atom stereocenters. The Balaban J connectivity index is 1.98. The Morgan fingerprint density at radius 1 is 1.00 bits per heavy atom. The Bertz CT molecular complexity index is 1040. The Morgan fingerprint density at radius 2 is 1.76 bits per heavy atom. The third-order valence-corrected chi connectivity index (χ3v) is 5.14. The van der Waals surface area contributed by atoms with Crippen LogP contribution in [0.5, 0.6) is 0 Å². The first-order chi connectivity index (χ1) is 12.3. The maximum Gasteiger partial charge on any atom is 0.408 e. The van der Waals surface area contributed by atoms with E-state index in [4.69, 9.17) is 0 Å². The van der Waals surface area contributed by atoms with Crippen LogP contribution in [0.25, 0.3) is 22.2 Å². The predicted molar refractivity (Wildman–Crippen MR) is 103 cm³/mol. The monoisotopic (exact) mass is 347 g/mol. The maximum absolute atomic E-state index is 4.68. The third-order valence-electron chi connectivity index (χ3n) is 4.30. The molecule has 0 saturated carbocycles. The summed E-state index contributed by atoms with van der Waals surface area (Å²) in [5.41, 5.74) is 4.39. The van der Waals surface area contributed by atoms with Crippen LogP contribution in [-0.2, 0) is 13.6 Å². The molecule has 4 rings (SSSR count). The molecule has 0 bridgehead atoms. The zero-order valence-corrected chi connectivity index (χ0v) is 15.1. The molecular weight excluding hydrogens is 328 g/mol. The highest BCUT2D eigenvalue weighted by atomic mass is 32.1. The summed E-state index contributed by atoms with van der Waals surface area (Å²) in [4.78, 5) is 0. The van der Waals surface area contributed by atoms with Crippen LogP contribution in [0, 0.1) is 0 Å². The molecule has 2 aromatic heterocycles. The van der Waals surface area contributed by atoms with Crippen LogP contribution >= 0.6 is 11.3 Å². The minimum absolute atomic E-state index is 0.882. The van der Waals surface area contributed by atoms with Crippen molar-refractivity contribution < 1.29 is 4.57 Å². The minimum atomic E-state index is 0.882. The van der Waals surface area contributed by atoms with Gasteiger partial charge in [0.15, 0.2) is 0 Å². The number of para-hydroxylation sites is 1. The molecule has 5 heteroatoms. The second-order valence-electron chi connectivity index (χ2n) is 5.82. The van der Waals surface area contributed by atoms with Gasteiger partial charge in [-0.15, -0.1) is 0 Å². The van der Waals surface area contributed by atoms with Crippen LogP contribution in [0.4, 0.5) is 10.8 Å². The first kappa shape index (κ1) is 15.7. The van der Waals surface area contributed by atoms with Crippen LogP contribution in [0.2, 0.25) is 0 Å². The SMILES string of the molecule is CCn1c(-c2ccccc2)c(N=Nc2scc[n+]2C)c2ccccc21. The average molecular weight is 347 g/mol. The van der Waals surface area contributed by atoms with Crippen molar-refractivity contribution in [3.05, 3.63) is 66.2 Å². The second-order valence-corrected chi connectivity index (χ2v) is 6.69. The van der Waals surface area contributed by atoms with E-state index in [-0.39, 0.29) is 0 Å². The number of nitrogens with zero attached hydrogens (tertiary/aromatic N) is 4. The topological polar surface area (TPSA) is 33.5 Å². The molecule has 2 aromatic carbocycles. The number of thiazole rings is 1. The van der Waals surface area contributed by atoms with E-state index < -0.39 is 0 Å². The lowest BCUT2D eigenvalue weighted by Crippen LogP contribution is -2.23. The second kappa shape index (κ2) is 6.61. The average Bonchev–Trinajstić information content (AvgIpc) is 3.21. The summed E-state index contributed by atoms with van der Waals surface area (Å²) in [6, 6.07) is 18.8. The van der Waals surface area contributed by atoms with Crippen LogP contribution in [0.1, 0.15) is 6.92 Å². The molecule has 0 saturated heterocycles. The summed E-state index contributed by atoms with van der Waals surface area (Å²) in [6.07, 6.45) is 1.99. The van der Waals surface area contributed by atoms with E-state index in [0.717, 1.165) is 34.0 Å². The van der Waals surface area contributed by atoms with Gasteiger partial charge in [0.2, 0.25) is 0 Å². The van der Waals surface area contributed by atoms with E-state index in [1.807, 2.05) is 29.3 Å². The van der Waals surface area contributed by atoms with E-state index >= 15 is 0 Å². The van der Waals surface area contributed by atoms with Crippen molar-refractivity contribution in [3.63, 3.8) is 0 Å². The van der Waals surface area contributed by atoms with Gasteiger partial charge in [0, 0.05) is 22.9 Å². The normalized spacial score (nSPS) is 11.6. The Kier molecular flexibility index (Phi) is 4.15. The quantitative estimate of drug-likeness (QED) is 0.339. The predicted octanol–water partition coefficient (Wildman–Crippen LogP) is 5.63. The summed E-state index contributed by atoms with van der Waals surface area (Å²) in [6.45, 7) is 3.05. The van der Waals surface area contributed by atoms with Crippen LogP contribution in [-0.4, -0.2) is 4.57 Å². The molecule has 25 heavy (non-hydrogen) atoms. The van der Waals surface area contributed by atoms with Crippen molar-refractivity contribution in [1.29, 1.82) is 0 Å². The summed E-state index contributed by atoms with van der Waals surface area (Å²) >= 11 is 1.58. The van der Waals surface area contributed by atoms with Gasteiger partial charge in [-0.25, -0.2) is 4.57 Å². The molecular formula is C20H19N4S+. The molecule has 0 atom stereocenters. The zero-order chi connectivity index (χ0) is 17.2. The molecule has 2 heterocycles. The van der Waals surface area contributed by atoms with Gasteiger partial charge in [0.25, 0.3) is 0 Å². The van der Waals surface area contributed by atoms with Crippen LogP contribution in [0.3, 0.4) is 0 Å². The first-order valence-electron chi connectivity index (χ1n) is 8.31. The standard InChI is InChI=1S/C20H19N4S/c1-3-24-17-12-8-7-11-16(17)18(19(24)15-9-5-4-6-10-15)21-22-20-23(2)13-14-25-20/h4-14H,3H2,1-2H3/q+1. The van der Waals surface area contributed by atoms with E-state index in [2.05, 4.69) is 70.3 Å². The summed E-state index contributed by atoms with van der Waals surface area (Å²) in [5, 5.41) is 13.2. The van der Waals surface area contributed by atoms with Gasteiger partial charge in [-0.3, -0.25) is 0 Å². The number of azo groups is 1. The number of benzene rings is 2. The lowest BCUT2D eigenvalue weighted by atomic mass is 10.1. The smallest absolute Gasteiger partial charge is 0.339 e. The molecule has 0 N–H and O–H groups in total. The lowest BCUT2D eigenvalue weighted by Gasteiger charge is -2.08. The molecule has 0 aliphatic carbocycles. The fourth-order valence-corrected chi connectivity index (χ4v) is 3.80. The molecule has 0 spiro atoms. The van der Waals surface area contributed by atoms with Gasteiger partial charge in [-0.05, 0) is 29.4 Å². The highest BCUT2D eigenvalue weighted by Gasteiger charge is 2.19. The van der Waals surface area contributed by atoms with Crippen molar-refractivity contribution in [3.8, 4) is 11.3 Å². The fourth-order valence-electron chi connectivity index (χ4n) is 3.12. The van der Waals surface area contributed by atoms with Gasteiger partial charge in [0.05, 0.1) is 23.4 Å². The molecule has 0 radical (unpaired) electrons. The molecule has 124 valence electrons. The Hall–Kier alpha value is -2.79. The van der Waals surface area contributed by atoms with E-state index in [0.29, 0.717) is 0 Å². The summed E-state index contributed by atoms with van der Waals surface area (Å²) in [5.74, 6) is 0. The maximum atomic E-state index is 4.68. The van der Waals surface area contributed by atoms with Gasteiger partial charge in [-0.2, -0.15) is 0 Å². The van der Waals surface area contributed by atoms with Crippen molar-refractivity contribution in [2.24, 2.45) is 17.3 Å². The van der Waals surface area contributed by atoms with Crippen LogP contribution < -0.4 is 4.57 Å². The van der Waals surface area contributed by atoms with Crippen molar-refractivity contribution in [1.82, 2.24) is 4.57 Å². The van der Waals surface area contributed by atoms with Gasteiger partial charge in [-0.1, -0.05) is 48.5 Å². The largest absolute Gasteiger partial charge is 0.408 e. The summed E-state index contributed by atoms with van der Waals surface area (Å²) < 4.78 is 4.29. The van der Waals surface area contributed by atoms with Gasteiger partial charge in [0.1, 0.15) is 11.9 Å². The Morgan fingerprint density at radius 3 is 2.48 bits per heavy atom. The van der Waals surface area contributed by atoms with Crippen LogP contribution in [0.15, 0.2) is 76.4 Å². The third kappa shape index (κ3) is 2.76. The zero-order valence-electron chi connectivity index (χ0n) is 14.3. The van der Waals surface area contributed by atoms with Crippen molar-refractivity contribution in [2.45, 2.75) is 13.5 Å². The highest BCUT2D eigenvalue weighted by molar-refractivity contribution is 7.12. The molecule has 4 aromatic rings. The van der Waals surface area contributed by atoms with E-state index in [1.165, 1.54) is 5.52 Å². The molecule has 0 fully saturated rings. The fraction of sp³-hybridized carbons (Fsp3) is 0.150. The Labute approximate surface area is 150 Å². The summed E-state index contributed by atoms with van der Waals surface area (Å²) in [7, 11) is 1.98. The number of hydrogen-bond donors (Lipinski definition) is 0. The van der Waals surface area contributed by atoms with Gasteiger partial charge >= 0.3 is 5.13 Å². The molecule has 0 amide bonds.